The van der Waals surface area contributed by atoms with E-state index in [1.807, 2.05) is 12.1 Å². The van der Waals surface area contributed by atoms with Crippen molar-refractivity contribution in [1.29, 1.82) is 0 Å². The normalized spacial score (nSPS) is 14.4. The van der Waals surface area contributed by atoms with Crippen LogP contribution < -0.4 is 9.80 Å². The van der Waals surface area contributed by atoms with Gasteiger partial charge in [-0.2, -0.15) is 0 Å². The zero-order chi connectivity index (χ0) is 42.2. The maximum Gasteiger partial charge on any atom is 0.162 e. The summed E-state index contributed by atoms with van der Waals surface area (Å²) in [5, 5.41) is 0. The van der Waals surface area contributed by atoms with Gasteiger partial charge in [-0.3, -0.25) is 4.90 Å². The van der Waals surface area contributed by atoms with Gasteiger partial charge in [-0.05, 0) is 80.9 Å². The van der Waals surface area contributed by atoms with Gasteiger partial charge < -0.3 is 4.90 Å². The summed E-state index contributed by atoms with van der Waals surface area (Å²) < 4.78 is 0. The van der Waals surface area contributed by atoms with Crippen LogP contribution in [0.15, 0.2) is 243 Å². The highest BCUT2D eigenvalue weighted by atomic mass is 15.2. The molecule has 2 aliphatic heterocycles. The lowest BCUT2D eigenvalue weighted by atomic mass is 9.49. The Morgan fingerprint density at radius 3 is 1.03 bits per heavy atom. The Balaban J connectivity index is 1.12. The van der Waals surface area contributed by atoms with Crippen molar-refractivity contribution in [3.8, 4) is 22.6 Å². The fourth-order valence-electron chi connectivity index (χ4n) is 11.3. The Hall–Kier alpha value is -8.34. The standard InChI is InChI=1S/C60H40N4/c1-4-22-41(23-5-1)52-40-57(62-58(61-52)42-24-6-2-7-25-42)64-55-38-20-16-34-50(55)60(51-35-17-21-39-56(51)64)46-30-12-10-28-44(46)59(45-29-11-13-31-47(45)60)48-32-14-18-36-53(48)63(43-26-8-3-9-27-43)54-37-19-15-33-49(54)59/h1-40H. The summed E-state index contributed by atoms with van der Waals surface area (Å²) in [7, 11) is 0. The first-order chi connectivity index (χ1) is 31.8. The average molecular weight is 817 g/mol. The molecule has 0 bridgehead atoms. The number of nitrogens with zero attached hydrogens (tertiary/aromatic N) is 4. The van der Waals surface area contributed by atoms with Crippen molar-refractivity contribution in [1.82, 2.24) is 9.97 Å². The van der Waals surface area contributed by atoms with Gasteiger partial charge in [-0.15, -0.1) is 0 Å². The van der Waals surface area contributed by atoms with Gasteiger partial charge in [-0.1, -0.05) is 200 Å². The molecule has 4 nitrogen and oxygen atoms in total. The fraction of sp³-hybridized carbons (Fsp3) is 0.0333. The number of fused-ring (bicyclic) bond motifs is 14. The van der Waals surface area contributed by atoms with Gasteiger partial charge in [0.2, 0.25) is 0 Å². The second kappa shape index (κ2) is 14.1. The van der Waals surface area contributed by atoms with Crippen LogP contribution in [0.1, 0.15) is 44.5 Å². The average Bonchev–Trinajstić information content (AvgIpc) is 3.38. The molecule has 0 atom stereocenters. The Labute approximate surface area is 373 Å². The van der Waals surface area contributed by atoms with E-state index in [-0.39, 0.29) is 0 Å². The van der Waals surface area contributed by atoms with Crippen LogP contribution in [0, 0.1) is 0 Å². The largest absolute Gasteiger partial charge is 0.310 e. The molecule has 0 saturated carbocycles. The SMILES string of the molecule is c1ccc(-c2cc(N3c4ccccc4C4(c5ccccc53)c3ccccc3C3(c5ccccc5N(c5ccccc5)c5ccccc53)c3ccccc34)nc(-c3ccccc3)n2)cc1. The first kappa shape index (κ1) is 36.3. The van der Waals surface area contributed by atoms with E-state index in [4.69, 9.17) is 9.97 Å². The molecule has 300 valence electrons. The zero-order valence-electron chi connectivity index (χ0n) is 34.9. The molecule has 1 aliphatic carbocycles. The minimum Gasteiger partial charge on any atom is -0.310 e. The van der Waals surface area contributed by atoms with Crippen molar-refractivity contribution in [2.45, 2.75) is 10.8 Å². The first-order valence-electron chi connectivity index (χ1n) is 22.0. The second-order valence-electron chi connectivity index (χ2n) is 16.8. The van der Waals surface area contributed by atoms with E-state index >= 15 is 0 Å². The molecular weight excluding hydrogens is 777 g/mol. The van der Waals surface area contributed by atoms with Gasteiger partial charge in [0, 0.05) is 22.9 Å². The molecular formula is C60H40N4. The van der Waals surface area contributed by atoms with Crippen LogP contribution in [0.5, 0.6) is 0 Å². The van der Waals surface area contributed by atoms with Gasteiger partial charge in [0.05, 0.1) is 39.3 Å². The molecule has 0 amide bonds. The molecule has 0 unspecified atom stereocenters. The number of rotatable bonds is 4. The maximum atomic E-state index is 5.43. The monoisotopic (exact) mass is 816 g/mol. The molecule has 0 fully saturated rings. The third-order valence-electron chi connectivity index (χ3n) is 13.7. The summed E-state index contributed by atoms with van der Waals surface area (Å²) in [5.74, 6) is 1.49. The second-order valence-corrected chi connectivity index (χ2v) is 16.8. The topological polar surface area (TPSA) is 32.3 Å². The molecule has 0 saturated heterocycles. The van der Waals surface area contributed by atoms with Crippen LogP contribution in [0.4, 0.5) is 34.3 Å². The van der Waals surface area contributed by atoms with Crippen LogP contribution >= 0.6 is 0 Å². The molecule has 9 aromatic carbocycles. The first-order valence-corrected chi connectivity index (χ1v) is 22.0. The van der Waals surface area contributed by atoms with Gasteiger partial charge in [0.1, 0.15) is 5.82 Å². The summed E-state index contributed by atoms with van der Waals surface area (Å²) in [6, 6.07) is 88.4. The predicted molar refractivity (Wildman–Crippen MR) is 260 cm³/mol. The van der Waals surface area contributed by atoms with E-state index in [9.17, 15) is 0 Å². The molecule has 0 N–H and O–H groups in total. The fourth-order valence-corrected chi connectivity index (χ4v) is 11.3. The Morgan fingerprint density at radius 2 is 0.609 bits per heavy atom. The summed E-state index contributed by atoms with van der Waals surface area (Å²) in [4.78, 5) is 15.4. The highest BCUT2D eigenvalue weighted by Crippen LogP contribution is 2.67. The summed E-state index contributed by atoms with van der Waals surface area (Å²) >= 11 is 0. The lowest BCUT2D eigenvalue weighted by molar-refractivity contribution is 0.607. The van der Waals surface area contributed by atoms with Gasteiger partial charge in [-0.25, -0.2) is 9.97 Å². The van der Waals surface area contributed by atoms with Gasteiger partial charge >= 0.3 is 0 Å². The van der Waals surface area contributed by atoms with E-state index < -0.39 is 10.8 Å². The number of hydrogen-bond acceptors (Lipinski definition) is 4. The highest BCUT2D eigenvalue weighted by molar-refractivity contribution is 5.95. The van der Waals surface area contributed by atoms with Gasteiger partial charge in [0.15, 0.2) is 5.82 Å². The van der Waals surface area contributed by atoms with Crippen molar-refractivity contribution in [3.05, 3.63) is 287 Å². The summed E-state index contributed by atoms with van der Waals surface area (Å²) in [5.41, 5.74) is 17.2. The molecule has 10 aromatic rings. The van der Waals surface area contributed by atoms with Crippen molar-refractivity contribution >= 4 is 34.3 Å². The van der Waals surface area contributed by atoms with E-state index in [2.05, 4.69) is 240 Å². The molecule has 13 rings (SSSR count). The Bertz CT molecular complexity index is 3210. The quantitative estimate of drug-likeness (QED) is 0.177. The van der Waals surface area contributed by atoms with Crippen LogP contribution in [0.25, 0.3) is 22.6 Å². The molecule has 4 heteroatoms. The van der Waals surface area contributed by atoms with Crippen LogP contribution in [0.3, 0.4) is 0 Å². The minimum atomic E-state index is -0.694. The van der Waals surface area contributed by atoms with Crippen LogP contribution in [0.2, 0.25) is 0 Å². The zero-order valence-corrected chi connectivity index (χ0v) is 34.9. The summed E-state index contributed by atoms with van der Waals surface area (Å²) in [6.45, 7) is 0. The molecule has 1 aromatic heterocycles. The maximum absolute atomic E-state index is 5.43. The van der Waals surface area contributed by atoms with Crippen LogP contribution in [-0.2, 0) is 10.8 Å². The summed E-state index contributed by atoms with van der Waals surface area (Å²) in [6.07, 6.45) is 0. The van der Waals surface area contributed by atoms with E-state index in [1.165, 1.54) is 55.9 Å². The third-order valence-corrected chi connectivity index (χ3v) is 13.7. The lowest BCUT2D eigenvalue weighted by Gasteiger charge is -2.56. The molecule has 3 aliphatic rings. The van der Waals surface area contributed by atoms with E-state index in [1.54, 1.807) is 0 Å². The molecule has 0 radical (unpaired) electrons. The third kappa shape index (κ3) is 4.93. The predicted octanol–water partition coefficient (Wildman–Crippen LogP) is 14.5. The number of para-hydroxylation sites is 5. The number of anilines is 6. The van der Waals surface area contributed by atoms with Crippen LogP contribution in [-0.4, -0.2) is 9.97 Å². The smallest absolute Gasteiger partial charge is 0.162 e. The Morgan fingerprint density at radius 1 is 0.281 bits per heavy atom. The molecule has 64 heavy (non-hydrogen) atoms. The minimum absolute atomic E-state index is 0.639. The molecule has 2 spiro atoms. The van der Waals surface area contributed by atoms with E-state index in [0.717, 1.165) is 39.7 Å². The van der Waals surface area contributed by atoms with Crippen molar-refractivity contribution in [2.24, 2.45) is 0 Å². The van der Waals surface area contributed by atoms with Crippen molar-refractivity contribution in [2.75, 3.05) is 9.80 Å². The van der Waals surface area contributed by atoms with Crippen molar-refractivity contribution < 1.29 is 0 Å². The van der Waals surface area contributed by atoms with Crippen molar-refractivity contribution in [3.63, 3.8) is 0 Å². The number of hydrogen-bond donors (Lipinski definition) is 0. The van der Waals surface area contributed by atoms with Gasteiger partial charge in [0.25, 0.3) is 0 Å². The number of aromatic nitrogens is 2. The Kier molecular flexibility index (Phi) is 8.00. The lowest BCUT2D eigenvalue weighted by Crippen LogP contribution is -2.49. The number of benzene rings is 9. The molecule has 3 heterocycles. The van der Waals surface area contributed by atoms with E-state index in [0.29, 0.717) is 5.82 Å². The highest BCUT2D eigenvalue weighted by Gasteiger charge is 2.58.